The molecule has 0 radical (unpaired) electrons. The molecule has 3 rings (SSSR count). The van der Waals surface area contributed by atoms with E-state index in [-0.39, 0.29) is 17.3 Å². The largest absolute Gasteiger partial charge is 0.497 e. The molecule has 0 amide bonds. The van der Waals surface area contributed by atoms with E-state index in [1.54, 1.807) is 14.0 Å². The lowest BCUT2D eigenvalue weighted by Crippen LogP contribution is -2.26. The Bertz CT molecular complexity index is 722. The first kappa shape index (κ1) is 13.6. The van der Waals surface area contributed by atoms with Crippen LogP contribution in [0.25, 0.3) is 5.57 Å². The molecule has 0 fully saturated rings. The van der Waals surface area contributed by atoms with Crippen molar-refractivity contribution in [2.45, 2.75) is 19.8 Å². The summed E-state index contributed by atoms with van der Waals surface area (Å²) in [6, 6.07) is 5.61. The molecule has 0 heterocycles. The highest BCUT2D eigenvalue weighted by Gasteiger charge is 2.36. The van der Waals surface area contributed by atoms with Crippen LogP contribution in [0.15, 0.2) is 35.1 Å². The summed E-state index contributed by atoms with van der Waals surface area (Å²) in [5.41, 5.74) is 3.36. The van der Waals surface area contributed by atoms with Gasteiger partial charge in [0.05, 0.1) is 14.2 Å². The zero-order chi connectivity index (χ0) is 15.1. The molecule has 0 unspecified atom stereocenters. The predicted molar refractivity (Wildman–Crippen MR) is 78.0 cm³/mol. The fourth-order valence-corrected chi connectivity index (χ4v) is 3.03. The molecular formula is C17H16O4. The van der Waals surface area contributed by atoms with Crippen LogP contribution in [0.1, 0.15) is 24.5 Å². The third-order valence-corrected chi connectivity index (χ3v) is 4.12. The second-order valence-corrected chi connectivity index (χ2v) is 5.19. The Morgan fingerprint density at radius 3 is 2.43 bits per heavy atom. The standard InChI is InChI=1S/C17H16O4/c1-9-15(18)14-12-7-5-11(20-2)8-10(12)4-6-13(14)16(19)17(9)21-3/h5,7-8H,4,6H2,1-3H3. The first-order valence-corrected chi connectivity index (χ1v) is 6.83. The molecule has 0 saturated carbocycles. The molecular weight excluding hydrogens is 268 g/mol. The number of methoxy groups -OCH3 is 2. The number of carbonyl (C=O) groups excluding carboxylic acids is 2. The van der Waals surface area contributed by atoms with Gasteiger partial charge in [-0.15, -0.1) is 0 Å². The lowest BCUT2D eigenvalue weighted by Gasteiger charge is -2.27. The average molecular weight is 284 g/mol. The van der Waals surface area contributed by atoms with Crippen molar-refractivity contribution >= 4 is 17.1 Å². The van der Waals surface area contributed by atoms with Gasteiger partial charge in [-0.05, 0) is 43.0 Å². The highest BCUT2D eigenvalue weighted by atomic mass is 16.5. The third kappa shape index (κ3) is 1.90. The summed E-state index contributed by atoms with van der Waals surface area (Å²) in [6.07, 6.45) is 1.28. The Morgan fingerprint density at radius 2 is 1.76 bits per heavy atom. The Kier molecular flexibility index (Phi) is 3.16. The van der Waals surface area contributed by atoms with E-state index in [4.69, 9.17) is 9.47 Å². The number of ether oxygens (including phenoxy) is 2. The van der Waals surface area contributed by atoms with Crippen LogP contribution >= 0.6 is 0 Å². The highest BCUT2D eigenvalue weighted by molar-refractivity contribution is 6.39. The second kappa shape index (κ2) is 4.88. The minimum atomic E-state index is -0.161. The van der Waals surface area contributed by atoms with Crippen molar-refractivity contribution in [3.8, 4) is 5.75 Å². The normalized spacial score (nSPS) is 17.7. The summed E-state index contributed by atoms with van der Waals surface area (Å²) in [5.74, 6) is 0.659. The Hall–Kier alpha value is -2.36. The van der Waals surface area contributed by atoms with E-state index in [1.165, 1.54) is 7.11 Å². The molecule has 0 saturated heterocycles. The van der Waals surface area contributed by atoms with E-state index in [2.05, 4.69) is 0 Å². The van der Waals surface area contributed by atoms with E-state index >= 15 is 0 Å². The van der Waals surface area contributed by atoms with E-state index in [9.17, 15) is 9.59 Å². The van der Waals surface area contributed by atoms with Crippen LogP contribution in [0.3, 0.4) is 0 Å². The van der Waals surface area contributed by atoms with Gasteiger partial charge in [0, 0.05) is 16.7 Å². The van der Waals surface area contributed by atoms with E-state index in [0.29, 0.717) is 23.1 Å². The van der Waals surface area contributed by atoms with Crippen molar-refractivity contribution in [1.82, 2.24) is 0 Å². The van der Waals surface area contributed by atoms with E-state index in [0.717, 1.165) is 23.3 Å². The van der Waals surface area contributed by atoms with Gasteiger partial charge in [0.25, 0.3) is 0 Å². The molecule has 108 valence electrons. The van der Waals surface area contributed by atoms with Gasteiger partial charge < -0.3 is 9.47 Å². The molecule has 1 aromatic rings. The smallest absolute Gasteiger partial charge is 0.224 e. The molecule has 2 aliphatic rings. The van der Waals surface area contributed by atoms with Crippen LogP contribution < -0.4 is 4.74 Å². The molecule has 4 heteroatoms. The third-order valence-electron chi connectivity index (χ3n) is 4.12. The number of benzene rings is 1. The fourth-order valence-electron chi connectivity index (χ4n) is 3.03. The maximum absolute atomic E-state index is 12.6. The summed E-state index contributed by atoms with van der Waals surface area (Å²) in [5, 5.41) is 0. The average Bonchev–Trinajstić information content (AvgIpc) is 2.51. The molecule has 2 aliphatic carbocycles. The Balaban J connectivity index is 2.18. The number of Topliss-reactive ketones (excluding diaryl/α,β-unsaturated/α-hetero) is 2. The molecule has 0 bridgehead atoms. The summed E-state index contributed by atoms with van der Waals surface area (Å²) in [4.78, 5) is 25.1. The molecule has 0 spiro atoms. The van der Waals surface area contributed by atoms with Gasteiger partial charge in [-0.25, -0.2) is 0 Å². The van der Waals surface area contributed by atoms with Crippen molar-refractivity contribution in [1.29, 1.82) is 0 Å². The van der Waals surface area contributed by atoms with Crippen LogP contribution in [0.5, 0.6) is 5.75 Å². The molecule has 1 aromatic carbocycles. The number of ketones is 2. The number of fused-ring (bicyclic) bond motifs is 2. The van der Waals surface area contributed by atoms with Crippen LogP contribution in [-0.4, -0.2) is 25.8 Å². The zero-order valence-corrected chi connectivity index (χ0v) is 12.3. The van der Waals surface area contributed by atoms with Crippen LogP contribution in [0.4, 0.5) is 0 Å². The van der Waals surface area contributed by atoms with Crippen molar-refractivity contribution in [2.24, 2.45) is 0 Å². The van der Waals surface area contributed by atoms with Gasteiger partial charge >= 0.3 is 0 Å². The first-order chi connectivity index (χ1) is 10.1. The van der Waals surface area contributed by atoms with E-state index < -0.39 is 0 Å². The number of carbonyl (C=O) groups is 2. The minimum absolute atomic E-state index is 0.118. The molecule has 0 N–H and O–H groups in total. The van der Waals surface area contributed by atoms with Gasteiger partial charge in [0.15, 0.2) is 11.5 Å². The van der Waals surface area contributed by atoms with Crippen molar-refractivity contribution < 1.29 is 19.1 Å². The van der Waals surface area contributed by atoms with Crippen molar-refractivity contribution in [2.75, 3.05) is 14.2 Å². The fraction of sp³-hybridized carbons (Fsp3) is 0.294. The summed E-state index contributed by atoms with van der Waals surface area (Å²) >= 11 is 0. The maximum Gasteiger partial charge on any atom is 0.224 e. The summed E-state index contributed by atoms with van der Waals surface area (Å²) in [6.45, 7) is 1.64. The van der Waals surface area contributed by atoms with Crippen LogP contribution in [0, 0.1) is 0 Å². The maximum atomic E-state index is 12.6. The number of rotatable bonds is 2. The van der Waals surface area contributed by atoms with Crippen LogP contribution in [-0.2, 0) is 20.7 Å². The van der Waals surface area contributed by atoms with Gasteiger partial charge in [0.2, 0.25) is 5.78 Å². The lowest BCUT2D eigenvalue weighted by atomic mass is 9.77. The first-order valence-electron chi connectivity index (χ1n) is 6.83. The molecule has 21 heavy (non-hydrogen) atoms. The monoisotopic (exact) mass is 284 g/mol. The van der Waals surface area contributed by atoms with Gasteiger partial charge in [-0.2, -0.15) is 0 Å². The summed E-state index contributed by atoms with van der Waals surface area (Å²) in [7, 11) is 3.04. The van der Waals surface area contributed by atoms with E-state index in [1.807, 2.05) is 18.2 Å². The topological polar surface area (TPSA) is 52.6 Å². The Morgan fingerprint density at radius 1 is 1.00 bits per heavy atom. The number of hydrogen-bond acceptors (Lipinski definition) is 4. The molecule has 0 aromatic heterocycles. The SMILES string of the molecule is COC1=C(C)C(=O)C2=C(CCc3cc(OC)ccc32)C1=O. The van der Waals surface area contributed by atoms with Gasteiger partial charge in [-0.3, -0.25) is 9.59 Å². The quantitative estimate of drug-likeness (QED) is 0.783. The van der Waals surface area contributed by atoms with Gasteiger partial charge in [-0.1, -0.05) is 6.07 Å². The second-order valence-electron chi connectivity index (χ2n) is 5.19. The number of hydrogen-bond donors (Lipinski definition) is 0. The number of allylic oxidation sites excluding steroid dienone is 3. The van der Waals surface area contributed by atoms with Crippen molar-refractivity contribution in [3.05, 3.63) is 46.2 Å². The minimum Gasteiger partial charge on any atom is -0.497 e. The lowest BCUT2D eigenvalue weighted by molar-refractivity contribution is -0.117. The predicted octanol–water partition coefficient (Wildman–Crippen LogP) is 2.47. The highest BCUT2D eigenvalue weighted by Crippen LogP contribution is 2.39. The molecule has 4 nitrogen and oxygen atoms in total. The van der Waals surface area contributed by atoms with Crippen LogP contribution in [0.2, 0.25) is 0 Å². The zero-order valence-electron chi connectivity index (χ0n) is 12.3. The number of aryl methyl sites for hydroxylation is 1. The van der Waals surface area contributed by atoms with Crippen molar-refractivity contribution in [3.63, 3.8) is 0 Å². The summed E-state index contributed by atoms with van der Waals surface area (Å²) < 4.78 is 10.3. The Labute approximate surface area is 123 Å². The molecule has 0 atom stereocenters. The van der Waals surface area contributed by atoms with Gasteiger partial charge in [0.1, 0.15) is 5.75 Å². The molecule has 0 aliphatic heterocycles.